The predicted octanol–water partition coefficient (Wildman–Crippen LogP) is 2.61. The first kappa shape index (κ1) is 8.32. The molecule has 0 bridgehead atoms. The summed E-state index contributed by atoms with van der Waals surface area (Å²) in [7, 11) is 0. The SMILES string of the molecule is CC[C@@H](O)c1c[nH]c2ccccc12. The molecule has 1 aromatic carbocycles. The molecule has 0 spiro atoms. The van der Waals surface area contributed by atoms with Gasteiger partial charge in [0.15, 0.2) is 0 Å². The van der Waals surface area contributed by atoms with Gasteiger partial charge in [-0.2, -0.15) is 0 Å². The van der Waals surface area contributed by atoms with Gasteiger partial charge in [-0.05, 0) is 12.5 Å². The highest BCUT2D eigenvalue weighted by Crippen LogP contribution is 2.25. The number of benzene rings is 1. The van der Waals surface area contributed by atoms with Crippen LogP contribution in [0.2, 0.25) is 0 Å². The third-order valence-electron chi connectivity index (χ3n) is 2.37. The van der Waals surface area contributed by atoms with Crippen molar-refractivity contribution in [3.63, 3.8) is 0 Å². The summed E-state index contributed by atoms with van der Waals surface area (Å²) in [5.41, 5.74) is 2.09. The molecule has 2 nitrogen and oxygen atoms in total. The zero-order valence-electron chi connectivity index (χ0n) is 7.62. The van der Waals surface area contributed by atoms with Gasteiger partial charge in [0.2, 0.25) is 0 Å². The Morgan fingerprint density at radius 1 is 1.38 bits per heavy atom. The van der Waals surface area contributed by atoms with Gasteiger partial charge >= 0.3 is 0 Å². The van der Waals surface area contributed by atoms with E-state index in [9.17, 15) is 5.11 Å². The fourth-order valence-corrected chi connectivity index (χ4v) is 1.59. The molecule has 0 amide bonds. The van der Waals surface area contributed by atoms with Crippen molar-refractivity contribution < 1.29 is 5.11 Å². The van der Waals surface area contributed by atoms with Crippen molar-refractivity contribution in [1.29, 1.82) is 0 Å². The van der Waals surface area contributed by atoms with E-state index < -0.39 is 0 Å². The summed E-state index contributed by atoms with van der Waals surface area (Å²) in [5.74, 6) is 0. The first-order chi connectivity index (χ1) is 6.33. The Morgan fingerprint density at radius 2 is 2.15 bits per heavy atom. The van der Waals surface area contributed by atoms with Crippen molar-refractivity contribution in [2.24, 2.45) is 0 Å². The molecule has 2 N–H and O–H groups in total. The van der Waals surface area contributed by atoms with Gasteiger partial charge in [0.05, 0.1) is 6.10 Å². The molecule has 0 saturated heterocycles. The molecule has 0 fully saturated rings. The molecule has 0 aliphatic carbocycles. The maximum atomic E-state index is 9.70. The fourth-order valence-electron chi connectivity index (χ4n) is 1.59. The van der Waals surface area contributed by atoms with Gasteiger partial charge in [-0.15, -0.1) is 0 Å². The molecular weight excluding hydrogens is 162 g/mol. The smallest absolute Gasteiger partial charge is 0.0808 e. The lowest BCUT2D eigenvalue weighted by Gasteiger charge is -2.04. The van der Waals surface area contributed by atoms with Crippen LogP contribution in [0.25, 0.3) is 10.9 Å². The van der Waals surface area contributed by atoms with Crippen LogP contribution in [0.1, 0.15) is 25.0 Å². The predicted molar refractivity (Wildman–Crippen MR) is 53.5 cm³/mol. The molecule has 1 heterocycles. The highest BCUT2D eigenvalue weighted by atomic mass is 16.3. The number of nitrogens with one attached hydrogen (secondary N) is 1. The number of hydrogen-bond donors (Lipinski definition) is 2. The zero-order valence-corrected chi connectivity index (χ0v) is 7.62. The number of rotatable bonds is 2. The number of H-pyrrole nitrogens is 1. The summed E-state index contributed by atoms with van der Waals surface area (Å²) in [4.78, 5) is 3.14. The van der Waals surface area contributed by atoms with E-state index in [-0.39, 0.29) is 6.10 Å². The van der Waals surface area contributed by atoms with Crippen LogP contribution >= 0.6 is 0 Å². The quantitative estimate of drug-likeness (QED) is 0.723. The van der Waals surface area contributed by atoms with Gasteiger partial charge in [0, 0.05) is 22.7 Å². The maximum absolute atomic E-state index is 9.70. The zero-order chi connectivity index (χ0) is 9.26. The van der Waals surface area contributed by atoms with Crippen LogP contribution in [0, 0.1) is 0 Å². The minimum Gasteiger partial charge on any atom is -0.388 e. The van der Waals surface area contributed by atoms with Crippen LogP contribution in [-0.2, 0) is 0 Å². The molecular formula is C11H13NO. The van der Waals surface area contributed by atoms with E-state index in [2.05, 4.69) is 4.98 Å². The maximum Gasteiger partial charge on any atom is 0.0808 e. The lowest BCUT2D eigenvalue weighted by molar-refractivity contribution is 0.175. The van der Waals surface area contributed by atoms with E-state index in [0.29, 0.717) is 0 Å². The lowest BCUT2D eigenvalue weighted by atomic mass is 10.1. The van der Waals surface area contributed by atoms with E-state index in [1.165, 1.54) is 0 Å². The highest BCUT2D eigenvalue weighted by Gasteiger charge is 2.09. The average Bonchev–Trinajstić information content (AvgIpc) is 2.60. The van der Waals surface area contributed by atoms with Gasteiger partial charge in [0.1, 0.15) is 0 Å². The number of aromatic nitrogens is 1. The van der Waals surface area contributed by atoms with Crippen LogP contribution in [0.15, 0.2) is 30.5 Å². The van der Waals surface area contributed by atoms with Gasteiger partial charge in [-0.25, -0.2) is 0 Å². The lowest BCUT2D eigenvalue weighted by Crippen LogP contribution is -1.92. The van der Waals surface area contributed by atoms with Gasteiger partial charge < -0.3 is 10.1 Å². The summed E-state index contributed by atoms with van der Waals surface area (Å²) in [6, 6.07) is 8.02. The fraction of sp³-hybridized carbons (Fsp3) is 0.273. The number of hydrogen-bond acceptors (Lipinski definition) is 1. The number of aliphatic hydroxyl groups is 1. The summed E-state index contributed by atoms with van der Waals surface area (Å²) in [6.45, 7) is 1.98. The van der Waals surface area contributed by atoms with Crippen molar-refractivity contribution in [2.45, 2.75) is 19.4 Å². The Morgan fingerprint density at radius 3 is 2.92 bits per heavy atom. The van der Waals surface area contributed by atoms with Crippen LogP contribution in [0.3, 0.4) is 0 Å². The van der Waals surface area contributed by atoms with E-state index in [0.717, 1.165) is 22.9 Å². The summed E-state index contributed by atoms with van der Waals surface area (Å²) in [5, 5.41) is 10.8. The molecule has 0 radical (unpaired) electrons. The molecule has 13 heavy (non-hydrogen) atoms. The molecule has 2 rings (SSSR count). The number of aromatic amines is 1. The monoisotopic (exact) mass is 175 g/mol. The van der Waals surface area contributed by atoms with E-state index in [1.807, 2.05) is 37.4 Å². The Bertz CT molecular complexity index is 405. The van der Waals surface area contributed by atoms with Crippen molar-refractivity contribution in [1.82, 2.24) is 4.98 Å². The van der Waals surface area contributed by atoms with Gasteiger partial charge in [0.25, 0.3) is 0 Å². The third kappa shape index (κ3) is 1.33. The molecule has 0 saturated carbocycles. The Labute approximate surface area is 77.2 Å². The van der Waals surface area contributed by atoms with Crippen LogP contribution in [0.4, 0.5) is 0 Å². The molecule has 68 valence electrons. The summed E-state index contributed by atoms with van der Waals surface area (Å²) >= 11 is 0. The standard InChI is InChI=1S/C11H13NO/c1-2-11(13)9-7-12-10-6-4-3-5-8(9)10/h3-7,11-13H,2H2,1H3/t11-/m1/s1. The molecule has 1 aromatic heterocycles. The normalized spacial score (nSPS) is 13.4. The van der Waals surface area contributed by atoms with Crippen LogP contribution in [-0.4, -0.2) is 10.1 Å². The molecule has 2 heteroatoms. The second-order valence-electron chi connectivity index (χ2n) is 3.21. The van der Waals surface area contributed by atoms with Crippen molar-refractivity contribution in [2.75, 3.05) is 0 Å². The first-order valence-corrected chi connectivity index (χ1v) is 4.57. The van der Waals surface area contributed by atoms with Crippen molar-refractivity contribution in [3.8, 4) is 0 Å². The average molecular weight is 175 g/mol. The van der Waals surface area contributed by atoms with Gasteiger partial charge in [-0.1, -0.05) is 25.1 Å². The second-order valence-corrected chi connectivity index (χ2v) is 3.21. The Kier molecular flexibility index (Phi) is 2.07. The Balaban J connectivity index is 2.57. The number of para-hydroxylation sites is 1. The highest BCUT2D eigenvalue weighted by molar-refractivity contribution is 5.83. The van der Waals surface area contributed by atoms with Gasteiger partial charge in [-0.3, -0.25) is 0 Å². The summed E-state index contributed by atoms with van der Waals surface area (Å²) in [6.07, 6.45) is 2.29. The van der Waals surface area contributed by atoms with E-state index in [1.54, 1.807) is 0 Å². The molecule has 0 aliphatic heterocycles. The number of aliphatic hydroxyl groups excluding tert-OH is 1. The second kappa shape index (κ2) is 3.23. The van der Waals surface area contributed by atoms with Crippen molar-refractivity contribution >= 4 is 10.9 Å². The van der Waals surface area contributed by atoms with E-state index in [4.69, 9.17) is 0 Å². The molecule has 2 aromatic rings. The largest absolute Gasteiger partial charge is 0.388 e. The molecule has 0 unspecified atom stereocenters. The molecule has 1 atom stereocenters. The van der Waals surface area contributed by atoms with E-state index >= 15 is 0 Å². The minimum atomic E-state index is -0.351. The first-order valence-electron chi connectivity index (χ1n) is 4.57. The third-order valence-corrected chi connectivity index (χ3v) is 2.37. The van der Waals surface area contributed by atoms with Crippen LogP contribution < -0.4 is 0 Å². The molecule has 0 aliphatic rings. The number of fused-ring (bicyclic) bond motifs is 1. The minimum absolute atomic E-state index is 0.351. The summed E-state index contributed by atoms with van der Waals surface area (Å²) < 4.78 is 0. The topological polar surface area (TPSA) is 36.0 Å². The Hall–Kier alpha value is -1.28. The van der Waals surface area contributed by atoms with Crippen molar-refractivity contribution in [3.05, 3.63) is 36.0 Å². The van der Waals surface area contributed by atoms with Crippen LogP contribution in [0.5, 0.6) is 0 Å².